The highest BCUT2D eigenvalue weighted by atomic mass is 79.9. The van der Waals surface area contributed by atoms with Crippen molar-refractivity contribution in [2.24, 2.45) is 0 Å². The van der Waals surface area contributed by atoms with Crippen molar-refractivity contribution in [3.63, 3.8) is 0 Å². The number of rotatable bonds is 6. The number of halogens is 1. The first kappa shape index (κ1) is 14.7. The van der Waals surface area contributed by atoms with Gasteiger partial charge in [0.15, 0.2) is 0 Å². The minimum atomic E-state index is -0.884. The van der Waals surface area contributed by atoms with Crippen molar-refractivity contribution < 1.29 is 19.4 Å². The SMILES string of the molecule is CCOC(=O)CCc1c(Br)cccc1CC(=O)O. The molecule has 1 aromatic rings. The predicted molar refractivity (Wildman–Crippen MR) is 70.4 cm³/mol. The van der Waals surface area contributed by atoms with Gasteiger partial charge in [-0.05, 0) is 30.5 Å². The Morgan fingerprint density at radius 2 is 2.11 bits per heavy atom. The molecule has 18 heavy (non-hydrogen) atoms. The van der Waals surface area contributed by atoms with E-state index in [0.717, 1.165) is 15.6 Å². The van der Waals surface area contributed by atoms with Gasteiger partial charge in [-0.15, -0.1) is 0 Å². The van der Waals surface area contributed by atoms with Crippen molar-refractivity contribution in [2.75, 3.05) is 6.61 Å². The average molecular weight is 315 g/mol. The molecule has 0 amide bonds. The lowest BCUT2D eigenvalue weighted by atomic mass is 10.0. The maximum Gasteiger partial charge on any atom is 0.307 e. The predicted octanol–water partition coefficient (Wildman–Crippen LogP) is 2.57. The van der Waals surface area contributed by atoms with E-state index in [9.17, 15) is 9.59 Å². The molecule has 5 heteroatoms. The summed E-state index contributed by atoms with van der Waals surface area (Å²) < 4.78 is 5.68. The maximum absolute atomic E-state index is 11.3. The molecule has 0 saturated carbocycles. The zero-order valence-corrected chi connectivity index (χ0v) is 11.7. The number of carbonyl (C=O) groups excluding carboxylic acids is 1. The van der Waals surface area contributed by atoms with E-state index in [2.05, 4.69) is 15.9 Å². The molecule has 4 nitrogen and oxygen atoms in total. The molecule has 0 aromatic heterocycles. The third-order valence-electron chi connectivity index (χ3n) is 2.44. The molecule has 0 heterocycles. The van der Waals surface area contributed by atoms with Gasteiger partial charge in [-0.2, -0.15) is 0 Å². The van der Waals surface area contributed by atoms with E-state index >= 15 is 0 Å². The Kier molecular flexibility index (Phi) is 5.85. The van der Waals surface area contributed by atoms with Crippen LogP contribution in [0.25, 0.3) is 0 Å². The van der Waals surface area contributed by atoms with Crippen molar-refractivity contribution in [1.82, 2.24) is 0 Å². The average Bonchev–Trinajstić information content (AvgIpc) is 2.28. The van der Waals surface area contributed by atoms with Crippen LogP contribution >= 0.6 is 15.9 Å². The van der Waals surface area contributed by atoms with Gasteiger partial charge in [0.25, 0.3) is 0 Å². The quantitative estimate of drug-likeness (QED) is 0.820. The third-order valence-corrected chi connectivity index (χ3v) is 3.18. The maximum atomic E-state index is 11.3. The lowest BCUT2D eigenvalue weighted by Crippen LogP contribution is -2.08. The Hall–Kier alpha value is -1.36. The monoisotopic (exact) mass is 314 g/mol. The zero-order chi connectivity index (χ0) is 13.5. The summed E-state index contributed by atoms with van der Waals surface area (Å²) in [5, 5.41) is 8.84. The van der Waals surface area contributed by atoms with Gasteiger partial charge >= 0.3 is 11.9 Å². The summed E-state index contributed by atoms with van der Waals surface area (Å²) in [5.74, 6) is -1.15. The number of hydrogen-bond donors (Lipinski definition) is 1. The van der Waals surface area contributed by atoms with Crippen molar-refractivity contribution in [1.29, 1.82) is 0 Å². The van der Waals surface area contributed by atoms with Crippen LogP contribution in [-0.4, -0.2) is 23.7 Å². The largest absolute Gasteiger partial charge is 0.481 e. The fourth-order valence-electron chi connectivity index (χ4n) is 1.67. The Morgan fingerprint density at radius 1 is 1.39 bits per heavy atom. The molecule has 0 saturated heterocycles. The van der Waals surface area contributed by atoms with Crippen LogP contribution in [0.5, 0.6) is 0 Å². The van der Waals surface area contributed by atoms with Gasteiger partial charge in [-0.25, -0.2) is 0 Å². The van der Waals surface area contributed by atoms with Gasteiger partial charge < -0.3 is 9.84 Å². The minimum Gasteiger partial charge on any atom is -0.481 e. The number of hydrogen-bond acceptors (Lipinski definition) is 3. The van der Waals surface area contributed by atoms with Crippen LogP contribution in [-0.2, 0) is 27.2 Å². The third kappa shape index (κ3) is 4.49. The Balaban J connectivity index is 2.79. The van der Waals surface area contributed by atoms with Gasteiger partial charge in [-0.1, -0.05) is 28.1 Å². The number of carbonyl (C=O) groups is 2. The molecular formula is C13H15BrO4. The molecule has 0 unspecified atom stereocenters. The smallest absolute Gasteiger partial charge is 0.307 e. The Morgan fingerprint density at radius 3 is 2.72 bits per heavy atom. The number of ether oxygens (including phenoxy) is 1. The van der Waals surface area contributed by atoms with Crippen LogP contribution in [0, 0.1) is 0 Å². The molecule has 0 atom stereocenters. The fourth-order valence-corrected chi connectivity index (χ4v) is 2.28. The van der Waals surface area contributed by atoms with Gasteiger partial charge in [0, 0.05) is 10.9 Å². The van der Waals surface area contributed by atoms with Crippen molar-refractivity contribution in [3.8, 4) is 0 Å². The summed E-state index contributed by atoms with van der Waals surface area (Å²) in [6.07, 6.45) is 0.684. The Bertz CT molecular complexity index is 443. The molecule has 1 aromatic carbocycles. The normalized spacial score (nSPS) is 10.1. The highest BCUT2D eigenvalue weighted by molar-refractivity contribution is 9.10. The number of benzene rings is 1. The van der Waals surface area contributed by atoms with Gasteiger partial charge in [0.1, 0.15) is 0 Å². The highest BCUT2D eigenvalue weighted by Gasteiger charge is 2.12. The van der Waals surface area contributed by atoms with E-state index in [1.54, 1.807) is 19.1 Å². The summed E-state index contributed by atoms with van der Waals surface area (Å²) in [5.41, 5.74) is 1.58. The van der Waals surface area contributed by atoms with Crippen LogP contribution in [0.1, 0.15) is 24.5 Å². The van der Waals surface area contributed by atoms with Crippen LogP contribution in [0.2, 0.25) is 0 Å². The lowest BCUT2D eigenvalue weighted by Gasteiger charge is -2.10. The molecule has 0 radical (unpaired) electrons. The summed E-state index contributed by atoms with van der Waals surface area (Å²) in [6.45, 7) is 2.11. The molecule has 0 fully saturated rings. The molecule has 0 aliphatic carbocycles. The van der Waals surface area contributed by atoms with Crippen LogP contribution in [0.15, 0.2) is 22.7 Å². The van der Waals surface area contributed by atoms with Crippen molar-refractivity contribution in [2.45, 2.75) is 26.2 Å². The zero-order valence-electron chi connectivity index (χ0n) is 10.1. The van der Waals surface area contributed by atoms with E-state index in [4.69, 9.17) is 9.84 Å². The van der Waals surface area contributed by atoms with E-state index in [1.807, 2.05) is 6.07 Å². The fraction of sp³-hybridized carbons (Fsp3) is 0.385. The second-order valence-electron chi connectivity index (χ2n) is 3.75. The second-order valence-corrected chi connectivity index (χ2v) is 4.61. The first-order valence-electron chi connectivity index (χ1n) is 5.68. The standard InChI is InChI=1S/C13H15BrO4/c1-2-18-13(17)7-6-10-9(8-12(15)16)4-3-5-11(10)14/h3-5H,2,6-8H2,1H3,(H,15,16). The number of esters is 1. The molecule has 0 bridgehead atoms. The topological polar surface area (TPSA) is 63.6 Å². The first-order chi connectivity index (χ1) is 8.54. The molecule has 0 spiro atoms. The lowest BCUT2D eigenvalue weighted by molar-refractivity contribution is -0.143. The van der Waals surface area contributed by atoms with E-state index in [1.165, 1.54) is 0 Å². The van der Waals surface area contributed by atoms with Crippen molar-refractivity contribution >= 4 is 27.9 Å². The summed E-state index contributed by atoms with van der Waals surface area (Å²) in [4.78, 5) is 22.1. The Labute approximate surface area is 114 Å². The molecule has 0 aliphatic heterocycles. The van der Waals surface area contributed by atoms with Crippen molar-refractivity contribution in [3.05, 3.63) is 33.8 Å². The molecule has 1 rings (SSSR count). The first-order valence-corrected chi connectivity index (χ1v) is 6.47. The summed E-state index contributed by atoms with van der Waals surface area (Å²) in [6, 6.07) is 5.39. The number of carboxylic acid groups (broad SMARTS) is 1. The van der Waals surface area contributed by atoms with E-state index in [-0.39, 0.29) is 18.8 Å². The molecule has 98 valence electrons. The summed E-state index contributed by atoms with van der Waals surface area (Å²) >= 11 is 3.38. The molecular weight excluding hydrogens is 300 g/mol. The van der Waals surface area contributed by atoms with Gasteiger partial charge in [0.05, 0.1) is 13.0 Å². The van der Waals surface area contributed by atoms with Crippen LogP contribution in [0.3, 0.4) is 0 Å². The van der Waals surface area contributed by atoms with Crippen LogP contribution < -0.4 is 0 Å². The number of carboxylic acids is 1. The van der Waals surface area contributed by atoms with E-state index in [0.29, 0.717) is 13.0 Å². The highest BCUT2D eigenvalue weighted by Crippen LogP contribution is 2.23. The summed E-state index contributed by atoms with van der Waals surface area (Å²) in [7, 11) is 0. The minimum absolute atomic E-state index is 0.0440. The molecule has 1 N–H and O–H groups in total. The van der Waals surface area contributed by atoms with Gasteiger partial charge in [0.2, 0.25) is 0 Å². The van der Waals surface area contributed by atoms with Gasteiger partial charge in [-0.3, -0.25) is 9.59 Å². The molecule has 0 aliphatic rings. The second kappa shape index (κ2) is 7.16. The number of aliphatic carboxylic acids is 1. The van der Waals surface area contributed by atoms with Crippen LogP contribution in [0.4, 0.5) is 0 Å². The van der Waals surface area contributed by atoms with E-state index < -0.39 is 5.97 Å².